The number of hydrogen-bond acceptors (Lipinski definition) is 2. The predicted molar refractivity (Wildman–Crippen MR) is 132 cm³/mol. The first kappa shape index (κ1) is 22.3. The van der Waals surface area contributed by atoms with Gasteiger partial charge in [0.2, 0.25) is 0 Å². The van der Waals surface area contributed by atoms with Gasteiger partial charge in [-0.05, 0) is 79.7 Å². The van der Waals surface area contributed by atoms with Crippen molar-refractivity contribution in [3.8, 4) is 0 Å². The molecule has 2 saturated carbocycles. The van der Waals surface area contributed by atoms with Gasteiger partial charge in [-0.25, -0.2) is 0 Å². The summed E-state index contributed by atoms with van der Waals surface area (Å²) in [4.78, 5) is 0. The third-order valence-electron chi connectivity index (χ3n) is 7.47. The van der Waals surface area contributed by atoms with E-state index >= 15 is 0 Å². The maximum absolute atomic E-state index is 10.7. The molecule has 0 saturated heterocycles. The first-order chi connectivity index (χ1) is 15.1. The van der Waals surface area contributed by atoms with E-state index in [4.69, 9.17) is 0 Å². The monoisotopic (exact) mass is 417 g/mol. The Balaban J connectivity index is 1.34. The number of hydrogen-bond donors (Lipinski definition) is 2. The highest BCUT2D eigenvalue weighted by molar-refractivity contribution is 5.86. The largest absolute Gasteiger partial charge is 0.385 e. The van der Waals surface area contributed by atoms with E-state index in [1.54, 1.807) is 0 Å². The minimum Gasteiger partial charge on any atom is -0.385 e. The van der Waals surface area contributed by atoms with Crippen LogP contribution in [0.25, 0.3) is 10.8 Å². The second-order valence-electron chi connectivity index (χ2n) is 9.78. The van der Waals surface area contributed by atoms with Gasteiger partial charge in [-0.15, -0.1) is 0 Å². The first-order valence-electron chi connectivity index (χ1n) is 12.4. The summed E-state index contributed by atoms with van der Waals surface area (Å²) in [5.41, 5.74) is 2.01. The molecule has 2 unspecified atom stereocenters. The maximum Gasteiger partial charge on any atom is 0.0893 e. The van der Waals surface area contributed by atoms with Crippen LogP contribution in [0.5, 0.6) is 0 Å². The fourth-order valence-corrected chi connectivity index (χ4v) is 5.55. The zero-order valence-corrected chi connectivity index (χ0v) is 19.3. The summed E-state index contributed by atoms with van der Waals surface area (Å²) in [7, 11) is 0. The van der Waals surface area contributed by atoms with E-state index < -0.39 is 5.60 Å². The van der Waals surface area contributed by atoms with Crippen LogP contribution in [0.15, 0.2) is 66.3 Å². The Bertz CT molecular complexity index is 918. The van der Waals surface area contributed by atoms with Gasteiger partial charge in [-0.2, -0.15) is 0 Å². The second kappa shape index (κ2) is 10.1. The third-order valence-corrected chi connectivity index (χ3v) is 7.47. The highest BCUT2D eigenvalue weighted by atomic mass is 16.3. The lowest BCUT2D eigenvalue weighted by Crippen LogP contribution is -2.38. The van der Waals surface area contributed by atoms with Crippen LogP contribution in [0.3, 0.4) is 0 Å². The van der Waals surface area contributed by atoms with Crippen LogP contribution in [0.2, 0.25) is 0 Å². The van der Waals surface area contributed by atoms with Crippen LogP contribution in [0.4, 0.5) is 0 Å². The van der Waals surface area contributed by atoms with Crippen molar-refractivity contribution in [3.05, 3.63) is 71.8 Å². The Morgan fingerprint density at radius 1 is 1.13 bits per heavy atom. The molecule has 31 heavy (non-hydrogen) atoms. The Hall–Kier alpha value is -1.90. The summed E-state index contributed by atoms with van der Waals surface area (Å²) >= 11 is 0. The minimum atomic E-state index is -0.545. The van der Waals surface area contributed by atoms with Crippen molar-refractivity contribution < 1.29 is 5.11 Å². The molecule has 2 aliphatic rings. The van der Waals surface area contributed by atoms with Crippen molar-refractivity contribution in [1.29, 1.82) is 0 Å². The summed E-state index contributed by atoms with van der Waals surface area (Å²) in [5, 5.41) is 17.4. The van der Waals surface area contributed by atoms with E-state index in [1.165, 1.54) is 42.0 Å². The van der Waals surface area contributed by atoms with Gasteiger partial charge in [0, 0.05) is 12.1 Å². The van der Waals surface area contributed by atoms with E-state index in [9.17, 15) is 5.11 Å². The molecular formula is C29H39NO. The highest BCUT2D eigenvalue weighted by Crippen LogP contribution is 2.39. The molecule has 0 bridgehead atoms. The molecule has 2 heteroatoms. The van der Waals surface area contributed by atoms with Gasteiger partial charge in [-0.3, -0.25) is 0 Å². The van der Waals surface area contributed by atoms with E-state index in [0.29, 0.717) is 12.1 Å². The summed E-state index contributed by atoms with van der Waals surface area (Å²) in [5.74, 6) is 0.737. The molecule has 2 aromatic carbocycles. The van der Waals surface area contributed by atoms with Gasteiger partial charge in [0.1, 0.15) is 0 Å². The third kappa shape index (κ3) is 5.30. The van der Waals surface area contributed by atoms with Gasteiger partial charge < -0.3 is 10.4 Å². The van der Waals surface area contributed by atoms with Crippen LogP contribution in [-0.2, 0) is 0 Å². The summed E-state index contributed by atoms with van der Waals surface area (Å²) in [6, 6.07) is 16.3. The van der Waals surface area contributed by atoms with Crippen LogP contribution in [0.1, 0.15) is 83.2 Å². The Labute approximate surface area is 188 Å². The average molecular weight is 418 g/mol. The molecule has 2 N–H and O–H groups in total. The fourth-order valence-electron chi connectivity index (χ4n) is 5.55. The zero-order valence-electron chi connectivity index (χ0n) is 19.3. The second-order valence-corrected chi connectivity index (χ2v) is 9.78. The zero-order chi connectivity index (χ0) is 21.7. The Morgan fingerprint density at radius 3 is 2.71 bits per heavy atom. The minimum absolute atomic E-state index is 0.359. The van der Waals surface area contributed by atoms with Gasteiger partial charge in [0.05, 0.1) is 5.60 Å². The maximum atomic E-state index is 10.7. The molecule has 0 amide bonds. The highest BCUT2D eigenvalue weighted by Gasteiger charge is 2.36. The summed E-state index contributed by atoms with van der Waals surface area (Å²) < 4.78 is 0. The molecule has 0 aliphatic heterocycles. The number of benzene rings is 2. The Morgan fingerprint density at radius 2 is 1.94 bits per heavy atom. The SMILES string of the molecule is CC/C=C(\C=C/CC1CCCC(N[C@H](C)c2cccc3ccccc23)C1)C1(O)CCC1. The van der Waals surface area contributed by atoms with Crippen molar-refractivity contribution in [1.82, 2.24) is 5.32 Å². The molecule has 0 aromatic heterocycles. The molecule has 2 fully saturated rings. The van der Waals surface area contributed by atoms with Crippen molar-refractivity contribution in [3.63, 3.8) is 0 Å². The van der Waals surface area contributed by atoms with Crippen molar-refractivity contribution in [2.24, 2.45) is 5.92 Å². The van der Waals surface area contributed by atoms with E-state index in [1.807, 2.05) is 0 Å². The average Bonchev–Trinajstić information content (AvgIpc) is 2.77. The van der Waals surface area contributed by atoms with Crippen molar-refractivity contribution in [2.75, 3.05) is 0 Å². The van der Waals surface area contributed by atoms with Crippen molar-refractivity contribution >= 4 is 10.8 Å². The van der Waals surface area contributed by atoms with E-state index in [0.717, 1.165) is 43.6 Å². The summed E-state index contributed by atoms with van der Waals surface area (Å²) in [6.45, 7) is 4.47. The number of fused-ring (bicyclic) bond motifs is 1. The molecular weight excluding hydrogens is 378 g/mol. The molecule has 2 nitrogen and oxygen atoms in total. The van der Waals surface area contributed by atoms with Gasteiger partial charge >= 0.3 is 0 Å². The van der Waals surface area contributed by atoms with Crippen LogP contribution >= 0.6 is 0 Å². The van der Waals surface area contributed by atoms with Crippen LogP contribution in [-0.4, -0.2) is 16.7 Å². The lowest BCUT2D eigenvalue weighted by atomic mass is 9.74. The first-order valence-corrected chi connectivity index (χ1v) is 12.4. The van der Waals surface area contributed by atoms with Gasteiger partial charge in [0.25, 0.3) is 0 Å². The molecule has 166 valence electrons. The molecule has 2 aliphatic carbocycles. The normalized spacial score (nSPS) is 24.9. The van der Waals surface area contributed by atoms with Crippen LogP contribution in [0, 0.1) is 5.92 Å². The summed E-state index contributed by atoms with van der Waals surface area (Å²) in [6.07, 6.45) is 17.0. The molecule has 4 rings (SSSR count). The number of nitrogens with one attached hydrogen (secondary N) is 1. The van der Waals surface area contributed by atoms with E-state index in [2.05, 4.69) is 79.9 Å². The lowest BCUT2D eigenvalue weighted by Gasteiger charge is -2.38. The molecule has 0 spiro atoms. The smallest absolute Gasteiger partial charge is 0.0893 e. The van der Waals surface area contributed by atoms with Crippen molar-refractivity contribution in [2.45, 2.75) is 89.3 Å². The number of rotatable bonds is 8. The van der Waals surface area contributed by atoms with E-state index in [-0.39, 0.29) is 0 Å². The topological polar surface area (TPSA) is 32.3 Å². The molecule has 2 aromatic rings. The quantitative estimate of drug-likeness (QED) is 0.443. The van der Waals surface area contributed by atoms with Gasteiger partial charge in [-0.1, -0.05) is 80.5 Å². The number of allylic oxidation sites excluding steroid dienone is 2. The predicted octanol–water partition coefficient (Wildman–Crippen LogP) is 7.25. The van der Waals surface area contributed by atoms with Gasteiger partial charge in [0.15, 0.2) is 0 Å². The van der Waals surface area contributed by atoms with Crippen LogP contribution < -0.4 is 5.32 Å². The molecule has 0 heterocycles. The standard InChI is InChI=1S/C29H39NO/c1-3-10-25(29(31)19-9-20-29)15-6-11-23-12-7-16-26(21-23)30-22(2)27-18-8-14-24-13-4-5-17-28(24)27/h4-6,8,10,13-15,17-18,22-23,26,30-31H,3,7,9,11-12,16,19-21H2,1-2H3/b15-6-,25-10+/t22-,23?,26?/m1/s1. The Kier molecular flexibility index (Phi) is 7.30. The molecule has 3 atom stereocenters. The number of aliphatic hydroxyl groups is 1. The molecule has 0 radical (unpaired) electrons. The lowest BCUT2D eigenvalue weighted by molar-refractivity contribution is 0.00563. The fraction of sp³-hybridized carbons (Fsp3) is 0.517.